The first-order chi connectivity index (χ1) is 14.9. The number of nitro benzene ring substituents is 1. The van der Waals surface area contributed by atoms with Gasteiger partial charge < -0.3 is 4.90 Å². The van der Waals surface area contributed by atoms with Crippen molar-refractivity contribution in [1.82, 2.24) is 14.7 Å². The Kier molecular flexibility index (Phi) is 7.32. The second-order valence-electron chi connectivity index (χ2n) is 7.69. The lowest BCUT2D eigenvalue weighted by atomic mass is 9.89. The van der Waals surface area contributed by atoms with Gasteiger partial charge in [0.05, 0.1) is 23.1 Å². The van der Waals surface area contributed by atoms with Crippen molar-refractivity contribution in [2.45, 2.75) is 19.4 Å². The molecule has 0 saturated carbocycles. The summed E-state index contributed by atoms with van der Waals surface area (Å²) in [5.41, 5.74) is 0.0404. The van der Waals surface area contributed by atoms with Crippen molar-refractivity contribution in [2.75, 3.05) is 19.6 Å². The van der Waals surface area contributed by atoms with Crippen LogP contribution < -0.4 is 5.56 Å². The first-order valence-electron chi connectivity index (χ1n) is 10.1. The molecule has 3 aromatic rings. The van der Waals surface area contributed by atoms with Crippen LogP contribution in [0.3, 0.4) is 0 Å². The number of benzene rings is 2. The summed E-state index contributed by atoms with van der Waals surface area (Å²) in [6.07, 6.45) is 2.93. The van der Waals surface area contributed by atoms with Crippen molar-refractivity contribution in [3.05, 3.63) is 80.5 Å². The maximum atomic E-state index is 13.1. The number of fused-ring (bicyclic) bond motifs is 1. The molecule has 0 bridgehead atoms. The second kappa shape index (κ2) is 9.97. The molecule has 0 amide bonds. The summed E-state index contributed by atoms with van der Waals surface area (Å²) in [5.74, 6) is -0.420. The van der Waals surface area contributed by atoms with Gasteiger partial charge in [-0.3, -0.25) is 19.7 Å². The minimum Gasteiger partial charge on any atom is -0.301 e. The Morgan fingerprint density at radius 2 is 1.81 bits per heavy atom. The van der Waals surface area contributed by atoms with Gasteiger partial charge in [0.2, 0.25) is 0 Å². The number of Topliss-reactive ketones (excluding diaryl/α,β-unsaturated/α-hetero) is 1. The molecule has 8 nitrogen and oxygen atoms in total. The highest BCUT2D eigenvalue weighted by Gasteiger charge is 2.25. The molecule has 2 aromatic carbocycles. The Hall–Kier alpha value is -3.17. The zero-order chi connectivity index (χ0) is 22.0. The number of nitrogens with zero attached hydrogens (tertiary/aromatic N) is 4. The number of carbonyl (C=O) groups excluding carboxylic acids is 1. The third-order valence-electron chi connectivity index (χ3n) is 5.76. The quantitative estimate of drug-likeness (QED) is 0.317. The SMILES string of the molecule is Cl.O=C(c1ccc(F)cc1)C1CCN(CCn2ncc3ccc([N+](=O)[O-])cc3c2=O)CC1. The largest absolute Gasteiger partial charge is 0.301 e. The highest BCUT2D eigenvalue weighted by molar-refractivity contribution is 5.97. The number of nitro groups is 1. The lowest BCUT2D eigenvalue weighted by Gasteiger charge is -2.31. The number of aromatic nitrogens is 2. The molecule has 10 heteroatoms. The highest BCUT2D eigenvalue weighted by Crippen LogP contribution is 2.22. The predicted molar refractivity (Wildman–Crippen MR) is 120 cm³/mol. The number of piperidine rings is 1. The van der Waals surface area contributed by atoms with Crippen LogP contribution >= 0.6 is 12.4 Å². The van der Waals surface area contributed by atoms with Gasteiger partial charge in [-0.1, -0.05) is 0 Å². The van der Waals surface area contributed by atoms with E-state index in [0.717, 1.165) is 0 Å². The molecule has 0 radical (unpaired) electrons. The minimum atomic E-state index is -0.527. The third kappa shape index (κ3) is 5.00. The van der Waals surface area contributed by atoms with E-state index in [1.54, 1.807) is 0 Å². The van der Waals surface area contributed by atoms with Crippen LogP contribution in [0.15, 0.2) is 53.5 Å². The van der Waals surface area contributed by atoms with E-state index in [9.17, 15) is 24.1 Å². The first-order valence-corrected chi connectivity index (χ1v) is 10.1. The number of non-ortho nitro benzene ring substituents is 1. The van der Waals surface area contributed by atoms with Crippen molar-refractivity contribution in [1.29, 1.82) is 0 Å². The van der Waals surface area contributed by atoms with Gasteiger partial charge in [0, 0.05) is 35.5 Å². The van der Waals surface area contributed by atoms with Crippen molar-refractivity contribution < 1.29 is 14.1 Å². The van der Waals surface area contributed by atoms with Gasteiger partial charge in [0.15, 0.2) is 5.78 Å². The molecule has 0 spiro atoms. The van der Waals surface area contributed by atoms with Gasteiger partial charge in [-0.2, -0.15) is 5.10 Å². The van der Waals surface area contributed by atoms with Crippen LogP contribution in [0, 0.1) is 21.8 Å². The number of carbonyl (C=O) groups is 1. The summed E-state index contributed by atoms with van der Waals surface area (Å²) in [4.78, 5) is 37.9. The van der Waals surface area contributed by atoms with E-state index < -0.39 is 4.92 Å². The lowest BCUT2D eigenvalue weighted by Crippen LogP contribution is -2.39. The molecule has 1 aromatic heterocycles. The lowest BCUT2D eigenvalue weighted by molar-refractivity contribution is -0.384. The topological polar surface area (TPSA) is 98.3 Å². The Morgan fingerprint density at radius 1 is 1.12 bits per heavy atom. The molecule has 1 saturated heterocycles. The van der Waals surface area contributed by atoms with Crippen LogP contribution in [0.25, 0.3) is 10.8 Å². The van der Waals surface area contributed by atoms with Gasteiger partial charge >= 0.3 is 0 Å². The fourth-order valence-electron chi connectivity index (χ4n) is 3.94. The number of rotatable bonds is 6. The van der Waals surface area contributed by atoms with Crippen LogP contribution in [0.1, 0.15) is 23.2 Å². The fourth-order valence-corrected chi connectivity index (χ4v) is 3.94. The first kappa shape index (κ1) is 23.5. The molecule has 2 heterocycles. The maximum Gasteiger partial charge on any atom is 0.274 e. The van der Waals surface area contributed by atoms with Crippen LogP contribution in [-0.4, -0.2) is 45.0 Å². The average Bonchev–Trinajstić information content (AvgIpc) is 2.79. The summed E-state index contributed by atoms with van der Waals surface area (Å²) in [5, 5.41) is 16.0. The zero-order valence-electron chi connectivity index (χ0n) is 17.1. The standard InChI is InChI=1S/C22H21FN4O4.ClH/c23-18-4-1-15(2-5-18)21(28)16-7-9-25(10-8-16)11-12-26-22(29)20-13-19(27(30)31)6-3-17(20)14-24-26;/h1-6,13-14,16H,7-12H2;1H. The molecule has 0 aliphatic carbocycles. The molecule has 0 N–H and O–H groups in total. The molecule has 1 fully saturated rings. The predicted octanol–water partition coefficient (Wildman–Crippen LogP) is 3.46. The van der Waals surface area contributed by atoms with Crippen molar-refractivity contribution in [3.8, 4) is 0 Å². The fraction of sp³-hybridized carbons (Fsp3) is 0.318. The van der Waals surface area contributed by atoms with E-state index in [1.807, 2.05) is 0 Å². The number of ketones is 1. The highest BCUT2D eigenvalue weighted by atomic mass is 35.5. The van der Waals surface area contributed by atoms with Crippen molar-refractivity contribution in [2.24, 2.45) is 5.92 Å². The summed E-state index contributed by atoms with van der Waals surface area (Å²) < 4.78 is 14.4. The molecule has 0 atom stereocenters. The van der Waals surface area contributed by atoms with E-state index in [1.165, 1.54) is 53.3 Å². The van der Waals surface area contributed by atoms with Gasteiger partial charge in [0.1, 0.15) is 5.82 Å². The smallest absolute Gasteiger partial charge is 0.274 e. The van der Waals surface area contributed by atoms with Gasteiger partial charge in [-0.25, -0.2) is 9.07 Å². The molecule has 32 heavy (non-hydrogen) atoms. The van der Waals surface area contributed by atoms with Gasteiger partial charge in [0.25, 0.3) is 11.2 Å². The Balaban J connectivity index is 0.00000289. The Morgan fingerprint density at radius 3 is 2.47 bits per heavy atom. The van der Waals surface area contributed by atoms with Crippen molar-refractivity contribution >= 4 is 34.7 Å². The van der Waals surface area contributed by atoms with Gasteiger partial charge in [-0.15, -0.1) is 12.4 Å². The van der Waals surface area contributed by atoms with Crippen LogP contribution in [0.5, 0.6) is 0 Å². The molecular formula is C22H22ClFN4O4. The van der Waals surface area contributed by atoms with Gasteiger partial charge in [-0.05, 0) is 56.3 Å². The van der Waals surface area contributed by atoms with Crippen molar-refractivity contribution in [3.63, 3.8) is 0 Å². The number of hydrogen-bond acceptors (Lipinski definition) is 6. The van der Waals surface area contributed by atoms with Crippen LogP contribution in [0.2, 0.25) is 0 Å². The molecule has 1 aliphatic heterocycles. The maximum absolute atomic E-state index is 13.1. The Labute approximate surface area is 189 Å². The molecular weight excluding hydrogens is 439 g/mol. The summed E-state index contributed by atoms with van der Waals surface area (Å²) in [7, 11) is 0. The van der Waals surface area contributed by atoms with Crippen LogP contribution in [-0.2, 0) is 6.54 Å². The van der Waals surface area contributed by atoms with E-state index in [-0.39, 0.29) is 46.6 Å². The summed E-state index contributed by atoms with van der Waals surface area (Å²) >= 11 is 0. The van der Waals surface area contributed by atoms with E-state index in [0.29, 0.717) is 50.0 Å². The molecule has 1 aliphatic rings. The van der Waals surface area contributed by atoms with E-state index >= 15 is 0 Å². The summed E-state index contributed by atoms with van der Waals surface area (Å²) in [6, 6.07) is 9.79. The normalized spacial score (nSPS) is 14.8. The number of halogens is 2. The number of likely N-dealkylation sites (tertiary alicyclic amines) is 1. The monoisotopic (exact) mass is 460 g/mol. The zero-order valence-corrected chi connectivity index (χ0v) is 18.0. The minimum absolute atomic E-state index is 0. The van der Waals surface area contributed by atoms with Crippen LogP contribution in [0.4, 0.5) is 10.1 Å². The summed E-state index contributed by atoms with van der Waals surface area (Å²) in [6.45, 7) is 2.37. The van der Waals surface area contributed by atoms with E-state index in [2.05, 4.69) is 10.00 Å². The second-order valence-corrected chi connectivity index (χ2v) is 7.69. The molecule has 4 rings (SSSR count). The van der Waals surface area contributed by atoms with E-state index in [4.69, 9.17) is 0 Å². The Bertz CT molecular complexity index is 1190. The average molecular weight is 461 g/mol. The third-order valence-corrected chi connectivity index (χ3v) is 5.76. The molecule has 168 valence electrons. The number of hydrogen-bond donors (Lipinski definition) is 0. The molecule has 0 unspecified atom stereocenters.